The van der Waals surface area contributed by atoms with Crippen LogP contribution in [-0.4, -0.2) is 50.5 Å². The third-order valence-electron chi connectivity index (χ3n) is 2.00. The van der Waals surface area contributed by atoms with Gasteiger partial charge in [0, 0.05) is 0 Å². The number of aliphatic hydroxyl groups is 1. The average molecular weight is 263 g/mol. The van der Waals surface area contributed by atoms with Crippen LogP contribution in [0, 0.1) is 0 Å². The van der Waals surface area contributed by atoms with E-state index in [1.54, 1.807) is 20.8 Å². The molecule has 0 aromatic carbocycles. The van der Waals surface area contributed by atoms with E-state index in [0.717, 1.165) is 0 Å². The van der Waals surface area contributed by atoms with Gasteiger partial charge < -0.3 is 25.8 Å². The molecule has 0 aromatic rings. The maximum atomic E-state index is 11.4. The molecule has 0 aliphatic rings. The molecular formula is C10H17NO7. The summed E-state index contributed by atoms with van der Waals surface area (Å²) in [6.45, 7) is 4.74. The van der Waals surface area contributed by atoms with Crippen LogP contribution in [0.15, 0.2) is 0 Å². The molecule has 0 radical (unpaired) electrons. The zero-order valence-electron chi connectivity index (χ0n) is 10.3. The van der Waals surface area contributed by atoms with E-state index in [1.807, 2.05) is 0 Å². The lowest BCUT2D eigenvalue weighted by molar-refractivity contribution is -0.179. The lowest BCUT2D eigenvalue weighted by Gasteiger charge is -2.26. The topological polar surface area (TPSA) is 147 Å². The highest BCUT2D eigenvalue weighted by Crippen LogP contribution is 2.16. The maximum Gasteiger partial charge on any atom is 0.349 e. The summed E-state index contributed by atoms with van der Waals surface area (Å²) in [4.78, 5) is 32.8. The van der Waals surface area contributed by atoms with Gasteiger partial charge >= 0.3 is 17.9 Å². The molecule has 1 unspecified atom stereocenters. The van der Waals surface area contributed by atoms with Crippen molar-refractivity contribution in [3.05, 3.63) is 0 Å². The molecule has 0 spiro atoms. The van der Waals surface area contributed by atoms with Gasteiger partial charge in [-0.1, -0.05) is 0 Å². The Morgan fingerprint density at radius 1 is 1.17 bits per heavy atom. The largest absolute Gasteiger partial charge is 0.479 e. The molecule has 1 atom stereocenters. The zero-order valence-corrected chi connectivity index (χ0v) is 10.3. The van der Waals surface area contributed by atoms with Crippen LogP contribution in [0.3, 0.4) is 0 Å². The standard InChI is InChI=1S/C10H17NO7/c1-9(2,3)18-6(12)4-5(11)10(17,7(13)14)8(15)16/h5,17H,4,11H2,1-3H3,(H,13,14)(H,15,16). The molecule has 104 valence electrons. The highest BCUT2D eigenvalue weighted by Gasteiger charge is 2.51. The molecule has 5 N–H and O–H groups in total. The summed E-state index contributed by atoms with van der Waals surface area (Å²) < 4.78 is 4.85. The Morgan fingerprint density at radius 3 is 1.83 bits per heavy atom. The third-order valence-corrected chi connectivity index (χ3v) is 2.00. The Kier molecular flexibility index (Phi) is 4.82. The Bertz CT molecular complexity index is 344. The molecule has 18 heavy (non-hydrogen) atoms. The first-order chi connectivity index (χ1) is 7.91. The summed E-state index contributed by atoms with van der Waals surface area (Å²) in [6.07, 6.45) is -0.730. The highest BCUT2D eigenvalue weighted by atomic mass is 16.6. The minimum absolute atomic E-state index is 0.730. The Hall–Kier alpha value is -1.67. The number of hydrogen-bond acceptors (Lipinski definition) is 6. The second-order valence-corrected chi connectivity index (χ2v) is 4.77. The number of carbonyl (C=O) groups is 3. The first kappa shape index (κ1) is 16.3. The van der Waals surface area contributed by atoms with Gasteiger partial charge in [0.05, 0.1) is 12.5 Å². The average Bonchev–Trinajstić information content (AvgIpc) is 2.11. The Morgan fingerprint density at radius 2 is 1.56 bits per heavy atom. The minimum Gasteiger partial charge on any atom is -0.479 e. The predicted octanol–water partition coefficient (Wildman–Crippen LogP) is -1.05. The van der Waals surface area contributed by atoms with Crippen molar-refractivity contribution in [3.63, 3.8) is 0 Å². The summed E-state index contributed by atoms with van der Waals surface area (Å²) in [6, 6.07) is -1.82. The molecule has 0 saturated carbocycles. The highest BCUT2D eigenvalue weighted by molar-refractivity contribution is 6.03. The molecule has 8 nitrogen and oxygen atoms in total. The fourth-order valence-corrected chi connectivity index (χ4v) is 1.12. The number of ether oxygens (including phenoxy) is 1. The molecule has 0 bridgehead atoms. The van der Waals surface area contributed by atoms with Crippen molar-refractivity contribution in [1.82, 2.24) is 0 Å². The SMILES string of the molecule is CC(C)(C)OC(=O)CC(N)C(O)(C(=O)O)C(=O)O. The monoisotopic (exact) mass is 263 g/mol. The van der Waals surface area contributed by atoms with Crippen LogP contribution in [0.25, 0.3) is 0 Å². The van der Waals surface area contributed by atoms with Crippen LogP contribution in [0.1, 0.15) is 27.2 Å². The van der Waals surface area contributed by atoms with Crippen LogP contribution < -0.4 is 5.73 Å². The first-order valence-electron chi connectivity index (χ1n) is 5.08. The van der Waals surface area contributed by atoms with Crippen LogP contribution in [0.5, 0.6) is 0 Å². The number of carboxylic acid groups (broad SMARTS) is 2. The number of aliphatic carboxylic acids is 2. The number of nitrogens with two attached hydrogens (primary N) is 1. The van der Waals surface area contributed by atoms with Crippen molar-refractivity contribution in [1.29, 1.82) is 0 Å². The third kappa shape index (κ3) is 3.97. The van der Waals surface area contributed by atoms with Crippen molar-refractivity contribution < 1.29 is 34.4 Å². The van der Waals surface area contributed by atoms with Gasteiger partial charge in [-0.05, 0) is 20.8 Å². The Labute approximate surface area is 103 Å². The molecule has 0 aliphatic carbocycles. The fraction of sp³-hybridized carbons (Fsp3) is 0.700. The lowest BCUT2D eigenvalue weighted by Crippen LogP contribution is -2.60. The van der Waals surface area contributed by atoms with Gasteiger partial charge in [-0.25, -0.2) is 9.59 Å². The smallest absolute Gasteiger partial charge is 0.349 e. The maximum absolute atomic E-state index is 11.4. The summed E-state index contributed by atoms with van der Waals surface area (Å²) in [7, 11) is 0. The van der Waals surface area contributed by atoms with E-state index >= 15 is 0 Å². The van der Waals surface area contributed by atoms with Gasteiger partial charge in [0.25, 0.3) is 5.60 Å². The predicted molar refractivity (Wildman–Crippen MR) is 58.7 cm³/mol. The van der Waals surface area contributed by atoms with E-state index in [0.29, 0.717) is 0 Å². The zero-order chi connectivity index (χ0) is 14.7. The normalized spacial score (nSPS) is 13.8. The lowest BCUT2D eigenvalue weighted by atomic mass is 9.92. The van der Waals surface area contributed by atoms with Crippen molar-refractivity contribution in [2.75, 3.05) is 0 Å². The van der Waals surface area contributed by atoms with Crippen LogP contribution in [0.4, 0.5) is 0 Å². The minimum atomic E-state index is -3.23. The van der Waals surface area contributed by atoms with Crippen molar-refractivity contribution in [2.24, 2.45) is 5.73 Å². The van der Waals surface area contributed by atoms with Crippen LogP contribution in [-0.2, 0) is 19.1 Å². The molecule has 0 amide bonds. The molecule has 8 heteroatoms. The first-order valence-corrected chi connectivity index (χ1v) is 5.08. The second-order valence-electron chi connectivity index (χ2n) is 4.77. The number of rotatable bonds is 5. The molecule has 0 heterocycles. The van der Waals surface area contributed by atoms with Crippen LogP contribution in [0.2, 0.25) is 0 Å². The van der Waals surface area contributed by atoms with E-state index in [-0.39, 0.29) is 0 Å². The number of carbonyl (C=O) groups excluding carboxylic acids is 1. The Balaban J connectivity index is 4.84. The molecule has 0 rings (SSSR count). The quantitative estimate of drug-likeness (QED) is 0.362. The van der Waals surface area contributed by atoms with Gasteiger partial charge in [0.15, 0.2) is 0 Å². The number of carboxylic acids is 2. The van der Waals surface area contributed by atoms with E-state index in [9.17, 15) is 19.5 Å². The molecule has 0 aromatic heterocycles. The second kappa shape index (κ2) is 5.32. The van der Waals surface area contributed by atoms with E-state index in [2.05, 4.69) is 0 Å². The van der Waals surface area contributed by atoms with E-state index in [1.165, 1.54) is 0 Å². The van der Waals surface area contributed by atoms with Gasteiger partial charge in [-0.2, -0.15) is 0 Å². The summed E-state index contributed by atoms with van der Waals surface area (Å²) in [5.74, 6) is -4.96. The van der Waals surface area contributed by atoms with Gasteiger partial charge in [-0.3, -0.25) is 4.79 Å². The number of hydrogen-bond donors (Lipinski definition) is 4. The van der Waals surface area contributed by atoms with Crippen molar-refractivity contribution in [2.45, 2.75) is 44.4 Å². The van der Waals surface area contributed by atoms with Gasteiger partial charge in [0.2, 0.25) is 0 Å². The molecule has 0 fully saturated rings. The summed E-state index contributed by atoms with van der Waals surface area (Å²) >= 11 is 0. The molecule has 0 aliphatic heterocycles. The van der Waals surface area contributed by atoms with Gasteiger partial charge in [0.1, 0.15) is 5.60 Å². The fourth-order valence-electron chi connectivity index (χ4n) is 1.12. The van der Waals surface area contributed by atoms with Crippen molar-refractivity contribution in [3.8, 4) is 0 Å². The van der Waals surface area contributed by atoms with E-state index < -0.39 is 41.6 Å². The van der Waals surface area contributed by atoms with Crippen LogP contribution >= 0.6 is 0 Å². The summed E-state index contributed by atoms with van der Waals surface area (Å²) in [5, 5.41) is 26.8. The van der Waals surface area contributed by atoms with Crippen molar-refractivity contribution >= 4 is 17.9 Å². The molecular weight excluding hydrogens is 246 g/mol. The van der Waals surface area contributed by atoms with Gasteiger partial charge in [-0.15, -0.1) is 0 Å². The summed E-state index contributed by atoms with van der Waals surface area (Å²) in [5.41, 5.74) is 1.22. The number of esters is 1. The van der Waals surface area contributed by atoms with E-state index in [4.69, 9.17) is 20.7 Å². The molecule has 0 saturated heterocycles.